The predicted molar refractivity (Wildman–Crippen MR) is 123 cm³/mol. The molecule has 5 nitrogen and oxygen atoms in total. The second-order valence-corrected chi connectivity index (χ2v) is 7.75. The Balaban J connectivity index is 1.34. The fourth-order valence-corrected chi connectivity index (χ4v) is 3.49. The van der Waals surface area contributed by atoms with Crippen molar-refractivity contribution in [1.29, 1.82) is 0 Å². The molecule has 31 heavy (non-hydrogen) atoms. The first kappa shape index (κ1) is 22.3. The SMILES string of the molecule is Cc1ccc(/C=C/C(=O)OCCCC/C=C2\CCC(Nc3ccccc3O)C2=O)cc1. The first-order valence-electron chi connectivity index (χ1n) is 10.7. The lowest BCUT2D eigenvalue weighted by molar-refractivity contribution is -0.137. The Morgan fingerprint density at radius 1 is 1.16 bits per heavy atom. The molecule has 0 aliphatic heterocycles. The number of Topliss-reactive ketones (excluding diaryl/α,β-unsaturated/α-hetero) is 1. The molecular formula is C26H29NO4. The third-order valence-corrected chi connectivity index (χ3v) is 5.29. The minimum Gasteiger partial charge on any atom is -0.506 e. The molecule has 0 spiro atoms. The van der Waals surface area contributed by atoms with Crippen LogP contribution in [-0.4, -0.2) is 29.5 Å². The number of nitrogens with one attached hydrogen (secondary N) is 1. The van der Waals surface area contributed by atoms with E-state index < -0.39 is 0 Å². The zero-order valence-corrected chi connectivity index (χ0v) is 17.8. The van der Waals surface area contributed by atoms with Crippen molar-refractivity contribution in [3.05, 3.63) is 77.4 Å². The molecule has 0 heterocycles. The number of anilines is 1. The molecule has 0 bridgehead atoms. The number of unbranched alkanes of at least 4 members (excludes halogenated alkanes) is 2. The molecule has 1 aliphatic rings. The van der Waals surface area contributed by atoms with Crippen LogP contribution < -0.4 is 5.32 Å². The Morgan fingerprint density at radius 3 is 2.71 bits per heavy atom. The summed E-state index contributed by atoms with van der Waals surface area (Å²) < 4.78 is 5.23. The number of aromatic hydroxyl groups is 1. The van der Waals surface area contributed by atoms with Gasteiger partial charge in [0.2, 0.25) is 0 Å². The number of para-hydroxylation sites is 2. The van der Waals surface area contributed by atoms with Gasteiger partial charge in [0.1, 0.15) is 5.75 Å². The number of hydrogen-bond donors (Lipinski definition) is 2. The maximum absolute atomic E-state index is 12.5. The van der Waals surface area contributed by atoms with Gasteiger partial charge in [0, 0.05) is 6.08 Å². The molecule has 1 unspecified atom stereocenters. The van der Waals surface area contributed by atoms with Crippen molar-refractivity contribution >= 4 is 23.5 Å². The number of allylic oxidation sites excluding steroid dienone is 1. The lowest BCUT2D eigenvalue weighted by Crippen LogP contribution is -2.24. The fourth-order valence-electron chi connectivity index (χ4n) is 3.49. The van der Waals surface area contributed by atoms with E-state index >= 15 is 0 Å². The van der Waals surface area contributed by atoms with Crippen molar-refractivity contribution in [3.8, 4) is 5.75 Å². The normalized spacial score (nSPS) is 17.4. The second-order valence-electron chi connectivity index (χ2n) is 7.75. The highest BCUT2D eigenvalue weighted by Gasteiger charge is 2.29. The number of aryl methyl sites for hydroxylation is 1. The monoisotopic (exact) mass is 419 g/mol. The number of rotatable bonds is 9. The lowest BCUT2D eigenvalue weighted by Gasteiger charge is -2.13. The molecule has 0 saturated heterocycles. The number of ketones is 1. The molecule has 2 N–H and O–H groups in total. The highest BCUT2D eigenvalue weighted by molar-refractivity contribution is 6.03. The van der Waals surface area contributed by atoms with E-state index in [1.165, 1.54) is 11.6 Å². The van der Waals surface area contributed by atoms with Crippen LogP contribution in [0.3, 0.4) is 0 Å². The number of esters is 1. The van der Waals surface area contributed by atoms with Crippen LogP contribution in [-0.2, 0) is 14.3 Å². The molecule has 0 radical (unpaired) electrons. The Kier molecular flexibility index (Phi) is 8.05. The summed E-state index contributed by atoms with van der Waals surface area (Å²) in [6, 6.07) is 14.6. The van der Waals surface area contributed by atoms with Crippen molar-refractivity contribution in [2.75, 3.05) is 11.9 Å². The van der Waals surface area contributed by atoms with Crippen LogP contribution in [0.5, 0.6) is 5.75 Å². The highest BCUT2D eigenvalue weighted by atomic mass is 16.5. The van der Waals surface area contributed by atoms with Crippen LogP contribution in [0, 0.1) is 6.92 Å². The lowest BCUT2D eigenvalue weighted by atomic mass is 10.1. The summed E-state index contributed by atoms with van der Waals surface area (Å²) in [6.07, 6.45) is 9.03. The van der Waals surface area contributed by atoms with Crippen molar-refractivity contribution in [1.82, 2.24) is 0 Å². The van der Waals surface area contributed by atoms with Gasteiger partial charge in [-0.15, -0.1) is 0 Å². The average molecular weight is 420 g/mol. The zero-order valence-electron chi connectivity index (χ0n) is 17.8. The van der Waals surface area contributed by atoms with Crippen LogP contribution in [0.1, 0.15) is 43.2 Å². The molecular weight excluding hydrogens is 390 g/mol. The minimum atomic E-state index is -0.344. The Morgan fingerprint density at radius 2 is 1.94 bits per heavy atom. The van der Waals surface area contributed by atoms with Crippen molar-refractivity contribution in [3.63, 3.8) is 0 Å². The Labute approximate surface area is 183 Å². The van der Waals surface area contributed by atoms with E-state index in [1.54, 1.807) is 24.3 Å². The number of carbonyl (C=O) groups excluding carboxylic acids is 2. The summed E-state index contributed by atoms with van der Waals surface area (Å²) >= 11 is 0. The summed E-state index contributed by atoms with van der Waals surface area (Å²) in [4.78, 5) is 24.3. The quantitative estimate of drug-likeness (QED) is 0.253. The number of phenolic OH excluding ortho intramolecular Hbond substituents is 1. The molecule has 2 aromatic carbocycles. The van der Waals surface area contributed by atoms with Crippen LogP contribution in [0.25, 0.3) is 6.08 Å². The van der Waals surface area contributed by atoms with E-state index in [2.05, 4.69) is 5.32 Å². The van der Waals surface area contributed by atoms with Crippen LogP contribution in [0.4, 0.5) is 5.69 Å². The standard InChI is InChI=1S/C26H29NO4/c1-19-10-12-20(13-11-19)14-17-25(29)31-18-6-2-3-7-21-15-16-23(26(21)30)27-22-8-4-5-9-24(22)28/h4-5,7-14,17,23,27-28H,2-3,6,15-16,18H2,1H3/b17-14+,21-7+. The van der Waals surface area contributed by atoms with Crippen molar-refractivity contribution < 1.29 is 19.4 Å². The van der Waals surface area contributed by atoms with E-state index in [1.807, 2.05) is 43.3 Å². The van der Waals surface area contributed by atoms with Crippen molar-refractivity contribution in [2.24, 2.45) is 0 Å². The summed E-state index contributed by atoms with van der Waals surface area (Å²) in [7, 11) is 0. The third kappa shape index (κ3) is 6.85. The minimum absolute atomic E-state index is 0.0934. The molecule has 1 fully saturated rings. The maximum Gasteiger partial charge on any atom is 0.330 e. The van der Waals surface area contributed by atoms with Gasteiger partial charge in [0.15, 0.2) is 5.78 Å². The molecule has 2 aromatic rings. The van der Waals surface area contributed by atoms with Crippen LogP contribution >= 0.6 is 0 Å². The fraction of sp³-hybridized carbons (Fsp3) is 0.308. The summed E-state index contributed by atoms with van der Waals surface area (Å²) in [5.41, 5.74) is 3.56. The number of ether oxygens (including phenoxy) is 1. The van der Waals surface area contributed by atoms with Gasteiger partial charge in [-0.3, -0.25) is 4.79 Å². The largest absolute Gasteiger partial charge is 0.506 e. The molecule has 0 aromatic heterocycles. The van der Waals surface area contributed by atoms with Crippen molar-refractivity contribution in [2.45, 2.75) is 45.1 Å². The van der Waals surface area contributed by atoms with E-state index in [4.69, 9.17) is 4.74 Å². The maximum atomic E-state index is 12.5. The van der Waals surface area contributed by atoms with Gasteiger partial charge in [0.05, 0.1) is 18.3 Å². The number of phenols is 1. The van der Waals surface area contributed by atoms with Crippen LogP contribution in [0.2, 0.25) is 0 Å². The van der Waals surface area contributed by atoms with E-state index in [9.17, 15) is 14.7 Å². The molecule has 1 aliphatic carbocycles. The average Bonchev–Trinajstić information content (AvgIpc) is 3.11. The first-order chi connectivity index (χ1) is 15.0. The number of benzene rings is 2. The van der Waals surface area contributed by atoms with E-state index in [0.717, 1.165) is 43.2 Å². The van der Waals surface area contributed by atoms with Gasteiger partial charge in [-0.2, -0.15) is 0 Å². The zero-order chi connectivity index (χ0) is 22.1. The molecule has 1 atom stereocenters. The van der Waals surface area contributed by atoms with Gasteiger partial charge in [-0.25, -0.2) is 4.79 Å². The smallest absolute Gasteiger partial charge is 0.330 e. The molecule has 5 heteroatoms. The summed E-state index contributed by atoms with van der Waals surface area (Å²) in [6.45, 7) is 2.39. The number of carbonyl (C=O) groups is 2. The van der Waals surface area contributed by atoms with Gasteiger partial charge in [-0.05, 0) is 68.4 Å². The highest BCUT2D eigenvalue weighted by Crippen LogP contribution is 2.28. The summed E-state index contributed by atoms with van der Waals surface area (Å²) in [5.74, 6) is -0.102. The number of hydrogen-bond acceptors (Lipinski definition) is 5. The van der Waals surface area contributed by atoms with Gasteiger partial charge >= 0.3 is 5.97 Å². The molecule has 0 amide bonds. The molecule has 162 valence electrons. The Hall–Kier alpha value is -3.34. The van der Waals surface area contributed by atoms with Crippen LogP contribution in [0.15, 0.2) is 66.3 Å². The molecule has 1 saturated carbocycles. The summed E-state index contributed by atoms with van der Waals surface area (Å²) in [5, 5.41) is 13.0. The van der Waals surface area contributed by atoms with Gasteiger partial charge in [0.25, 0.3) is 0 Å². The topological polar surface area (TPSA) is 75.6 Å². The Bertz CT molecular complexity index is 960. The molecule has 3 rings (SSSR count). The first-order valence-corrected chi connectivity index (χ1v) is 10.7. The second kappa shape index (κ2) is 11.2. The van der Waals surface area contributed by atoms with E-state index in [0.29, 0.717) is 12.3 Å². The van der Waals surface area contributed by atoms with E-state index in [-0.39, 0.29) is 23.5 Å². The van der Waals surface area contributed by atoms with Gasteiger partial charge < -0.3 is 15.2 Å². The third-order valence-electron chi connectivity index (χ3n) is 5.29. The van der Waals surface area contributed by atoms with Gasteiger partial charge in [-0.1, -0.05) is 48.0 Å². The predicted octanol–water partition coefficient (Wildman–Crippen LogP) is 5.20.